The normalized spacial score (nSPS) is 21.6. The van der Waals surface area contributed by atoms with E-state index in [1.807, 2.05) is 6.07 Å². The van der Waals surface area contributed by atoms with Crippen molar-refractivity contribution >= 4 is 0 Å². The molecular weight excluding hydrogens is 496 g/mol. The van der Waals surface area contributed by atoms with E-state index in [1.54, 1.807) is 12.1 Å². The van der Waals surface area contributed by atoms with Crippen molar-refractivity contribution in [3.05, 3.63) is 88.2 Å². The van der Waals surface area contributed by atoms with Crippen LogP contribution in [0.2, 0.25) is 0 Å². The molecule has 0 unspecified atom stereocenters. The van der Waals surface area contributed by atoms with Crippen molar-refractivity contribution in [3.8, 4) is 16.9 Å². The van der Waals surface area contributed by atoms with Crippen molar-refractivity contribution < 1.29 is 32.5 Å². The first kappa shape index (κ1) is 25.4. The molecule has 6 rings (SSSR count). The van der Waals surface area contributed by atoms with Crippen molar-refractivity contribution in [1.29, 1.82) is 0 Å². The molecule has 0 amide bonds. The lowest BCUT2D eigenvalue weighted by Crippen LogP contribution is -2.47. The Kier molecular flexibility index (Phi) is 6.27. The monoisotopic (exact) mass is 526 g/mol. The van der Waals surface area contributed by atoms with Crippen LogP contribution in [0.5, 0.6) is 5.75 Å². The average molecular weight is 527 g/mol. The van der Waals surface area contributed by atoms with E-state index in [-0.39, 0.29) is 5.92 Å². The van der Waals surface area contributed by atoms with E-state index < -0.39 is 35.4 Å². The van der Waals surface area contributed by atoms with Gasteiger partial charge in [-0.2, -0.15) is 13.2 Å². The molecule has 1 heterocycles. The van der Waals surface area contributed by atoms with E-state index in [1.165, 1.54) is 24.3 Å². The van der Waals surface area contributed by atoms with Gasteiger partial charge < -0.3 is 14.9 Å². The lowest BCUT2D eigenvalue weighted by molar-refractivity contribution is -0.137. The second-order valence-electron chi connectivity index (χ2n) is 11.0. The molecule has 0 aromatic heterocycles. The number of hydrogen-bond donors (Lipinski definition) is 2. The Balaban J connectivity index is 1.58. The van der Waals surface area contributed by atoms with Crippen molar-refractivity contribution in [2.24, 2.45) is 0 Å². The van der Waals surface area contributed by atoms with Gasteiger partial charge >= 0.3 is 6.18 Å². The maximum atomic E-state index is 13.9. The second kappa shape index (κ2) is 9.38. The van der Waals surface area contributed by atoms with Gasteiger partial charge in [0.2, 0.25) is 0 Å². The summed E-state index contributed by atoms with van der Waals surface area (Å²) in [5, 5.41) is 23.3. The molecule has 200 valence electrons. The molecule has 38 heavy (non-hydrogen) atoms. The molecule has 3 aromatic carbocycles. The van der Waals surface area contributed by atoms with Crippen molar-refractivity contribution in [2.75, 3.05) is 0 Å². The molecule has 1 spiro atoms. The molecule has 2 fully saturated rings. The van der Waals surface area contributed by atoms with E-state index in [0.29, 0.717) is 40.0 Å². The predicted octanol–water partition coefficient (Wildman–Crippen LogP) is 7.99. The van der Waals surface area contributed by atoms with Crippen LogP contribution in [0.25, 0.3) is 11.1 Å². The van der Waals surface area contributed by atoms with Crippen LogP contribution in [0.4, 0.5) is 17.6 Å². The highest BCUT2D eigenvalue weighted by molar-refractivity contribution is 5.78. The smallest absolute Gasteiger partial charge is 0.416 e. The molecule has 0 saturated heterocycles. The van der Waals surface area contributed by atoms with E-state index in [0.717, 1.165) is 62.6 Å². The van der Waals surface area contributed by atoms with E-state index in [9.17, 15) is 27.8 Å². The van der Waals surface area contributed by atoms with Crippen LogP contribution < -0.4 is 4.74 Å². The number of hydrogen-bond acceptors (Lipinski definition) is 3. The summed E-state index contributed by atoms with van der Waals surface area (Å²) in [7, 11) is 0. The predicted molar refractivity (Wildman–Crippen MR) is 135 cm³/mol. The van der Waals surface area contributed by atoms with Gasteiger partial charge in [0.15, 0.2) is 0 Å². The Morgan fingerprint density at radius 3 is 2.16 bits per heavy atom. The number of benzene rings is 3. The zero-order valence-corrected chi connectivity index (χ0v) is 20.9. The minimum Gasteiger partial charge on any atom is -0.487 e. The van der Waals surface area contributed by atoms with Gasteiger partial charge in [-0.25, -0.2) is 4.39 Å². The van der Waals surface area contributed by atoms with Gasteiger partial charge in [0.05, 0.1) is 11.7 Å². The molecule has 7 heteroatoms. The minimum atomic E-state index is -4.48. The standard InChI is InChI=1S/C31H30F4O3/c32-22-12-8-19(9-13-22)26-27(29(37)20-6-10-21(11-7-20)31(33,34)35)23(18-4-1-2-5-18)16-25-28(26)24(36)17-30(38-25)14-3-15-30/h6-13,16,18,24,29,36-37H,1-5,14-15,17H2/t24-,29+/m0/s1. The fourth-order valence-electron chi connectivity index (χ4n) is 6.55. The van der Waals surface area contributed by atoms with Gasteiger partial charge in [0, 0.05) is 12.0 Å². The largest absolute Gasteiger partial charge is 0.487 e. The summed E-state index contributed by atoms with van der Waals surface area (Å²) in [5.41, 5.74) is 2.33. The molecule has 3 aromatic rings. The number of ether oxygens (including phenoxy) is 1. The summed E-state index contributed by atoms with van der Waals surface area (Å²) in [6, 6.07) is 12.4. The summed E-state index contributed by atoms with van der Waals surface area (Å²) in [5.74, 6) is 0.316. The third kappa shape index (κ3) is 4.39. The Hall–Kier alpha value is -2.90. The summed E-state index contributed by atoms with van der Waals surface area (Å²) >= 11 is 0. The van der Waals surface area contributed by atoms with Crippen LogP contribution in [0, 0.1) is 5.82 Å². The zero-order chi connectivity index (χ0) is 26.7. The van der Waals surface area contributed by atoms with Gasteiger partial charge in [0.25, 0.3) is 0 Å². The average Bonchev–Trinajstić information content (AvgIpc) is 3.41. The number of alkyl halides is 3. The zero-order valence-electron chi connectivity index (χ0n) is 20.9. The van der Waals surface area contributed by atoms with E-state index >= 15 is 0 Å². The fraction of sp³-hybridized carbons (Fsp3) is 0.419. The first-order valence-corrected chi connectivity index (χ1v) is 13.3. The topological polar surface area (TPSA) is 49.7 Å². The third-order valence-electron chi connectivity index (χ3n) is 8.65. The van der Waals surface area contributed by atoms with Crippen LogP contribution in [0.3, 0.4) is 0 Å². The van der Waals surface area contributed by atoms with Gasteiger partial charge in [-0.15, -0.1) is 0 Å². The summed E-state index contributed by atoms with van der Waals surface area (Å²) in [6.07, 6.45) is 0.523. The molecule has 1 aliphatic heterocycles. The Morgan fingerprint density at radius 1 is 0.921 bits per heavy atom. The highest BCUT2D eigenvalue weighted by Crippen LogP contribution is 2.55. The van der Waals surface area contributed by atoms with Crippen molar-refractivity contribution in [2.45, 2.75) is 81.3 Å². The van der Waals surface area contributed by atoms with Crippen LogP contribution >= 0.6 is 0 Å². The first-order valence-electron chi connectivity index (χ1n) is 13.3. The van der Waals surface area contributed by atoms with Gasteiger partial charge in [-0.3, -0.25) is 0 Å². The molecule has 2 atom stereocenters. The molecule has 3 aliphatic rings. The maximum absolute atomic E-state index is 13.9. The minimum absolute atomic E-state index is 0.138. The number of aliphatic hydroxyl groups is 2. The van der Waals surface area contributed by atoms with Crippen LogP contribution in [0.1, 0.15) is 97.3 Å². The van der Waals surface area contributed by atoms with E-state index in [4.69, 9.17) is 4.74 Å². The van der Waals surface area contributed by atoms with E-state index in [2.05, 4.69) is 0 Å². The number of halogens is 4. The Labute approximate surface area is 219 Å². The lowest BCUT2D eigenvalue weighted by Gasteiger charge is -2.48. The molecule has 0 bridgehead atoms. The summed E-state index contributed by atoms with van der Waals surface area (Å²) in [4.78, 5) is 0. The molecule has 3 nitrogen and oxygen atoms in total. The van der Waals surface area contributed by atoms with Gasteiger partial charge in [-0.05, 0) is 96.2 Å². The molecule has 2 aliphatic carbocycles. The van der Waals surface area contributed by atoms with Gasteiger partial charge in [-0.1, -0.05) is 37.1 Å². The molecule has 2 saturated carbocycles. The summed E-state index contributed by atoms with van der Waals surface area (Å²) < 4.78 is 60.2. The van der Waals surface area contributed by atoms with Crippen LogP contribution in [-0.2, 0) is 6.18 Å². The number of aliphatic hydroxyl groups excluding tert-OH is 2. The SMILES string of the molecule is O[C@H](c1ccc(C(F)(F)F)cc1)c1c(C2CCCC2)cc2c(c1-c1ccc(F)cc1)[C@@H](O)CC1(CCC1)O2. The molecule has 0 radical (unpaired) electrons. The second-order valence-corrected chi connectivity index (χ2v) is 11.0. The Morgan fingerprint density at radius 2 is 1.58 bits per heavy atom. The van der Waals surface area contributed by atoms with Crippen molar-refractivity contribution in [3.63, 3.8) is 0 Å². The molecular formula is C31H30F4O3. The van der Waals surface area contributed by atoms with Crippen molar-refractivity contribution in [1.82, 2.24) is 0 Å². The molecule has 2 N–H and O–H groups in total. The summed E-state index contributed by atoms with van der Waals surface area (Å²) in [6.45, 7) is 0. The van der Waals surface area contributed by atoms with Crippen LogP contribution in [-0.4, -0.2) is 15.8 Å². The fourth-order valence-corrected chi connectivity index (χ4v) is 6.55. The highest BCUT2D eigenvalue weighted by atomic mass is 19.4. The lowest BCUT2D eigenvalue weighted by atomic mass is 9.71. The number of rotatable bonds is 4. The number of fused-ring (bicyclic) bond motifs is 1. The maximum Gasteiger partial charge on any atom is 0.416 e. The van der Waals surface area contributed by atoms with Gasteiger partial charge in [0.1, 0.15) is 23.3 Å². The third-order valence-corrected chi connectivity index (χ3v) is 8.65. The quantitative estimate of drug-likeness (QED) is 0.339. The first-order chi connectivity index (χ1) is 18.2. The van der Waals surface area contributed by atoms with Crippen LogP contribution in [0.15, 0.2) is 54.6 Å². The highest BCUT2D eigenvalue weighted by Gasteiger charge is 2.47. The Bertz CT molecular complexity index is 1320.